The Morgan fingerprint density at radius 2 is 1.74 bits per heavy atom. The van der Waals surface area contributed by atoms with Gasteiger partial charge in [0.1, 0.15) is 6.54 Å². The van der Waals surface area contributed by atoms with Crippen molar-refractivity contribution in [3.63, 3.8) is 0 Å². The van der Waals surface area contributed by atoms with Gasteiger partial charge in [0, 0.05) is 12.1 Å². The summed E-state index contributed by atoms with van der Waals surface area (Å²) < 4.78 is 37.8. The van der Waals surface area contributed by atoms with Gasteiger partial charge in [0.05, 0.1) is 5.56 Å². The Balaban J connectivity index is 1.53. The van der Waals surface area contributed by atoms with Crippen LogP contribution in [0.4, 0.5) is 13.2 Å². The molecule has 0 spiro atoms. The molecule has 0 saturated carbocycles. The minimum absolute atomic E-state index is 0.123. The summed E-state index contributed by atoms with van der Waals surface area (Å²) >= 11 is 0. The third-order valence-corrected chi connectivity index (χ3v) is 3.79. The highest BCUT2D eigenvalue weighted by molar-refractivity contribution is 5.75. The molecule has 6 nitrogen and oxygen atoms in total. The normalized spacial score (nSPS) is 11.4. The third kappa shape index (κ3) is 5.13. The highest BCUT2D eigenvalue weighted by Gasteiger charge is 2.30. The molecule has 27 heavy (non-hydrogen) atoms. The van der Waals surface area contributed by atoms with Crippen LogP contribution in [0.25, 0.3) is 11.4 Å². The Morgan fingerprint density at radius 1 is 1.04 bits per heavy atom. The topological polar surface area (TPSA) is 72.7 Å². The van der Waals surface area contributed by atoms with Crippen molar-refractivity contribution in [2.24, 2.45) is 0 Å². The van der Waals surface area contributed by atoms with E-state index >= 15 is 0 Å². The van der Waals surface area contributed by atoms with Crippen LogP contribution in [0.2, 0.25) is 0 Å². The average Bonchev–Trinajstić information content (AvgIpc) is 3.10. The van der Waals surface area contributed by atoms with Crippen molar-refractivity contribution in [1.82, 2.24) is 25.5 Å². The zero-order valence-electron chi connectivity index (χ0n) is 14.1. The zero-order valence-corrected chi connectivity index (χ0v) is 14.1. The van der Waals surface area contributed by atoms with Gasteiger partial charge in [-0.2, -0.15) is 18.0 Å². The first-order valence-electron chi connectivity index (χ1n) is 8.18. The number of amides is 1. The molecule has 0 saturated heterocycles. The maximum atomic E-state index is 12.6. The molecule has 9 heteroatoms. The highest BCUT2D eigenvalue weighted by atomic mass is 19.4. The molecule has 1 aromatic heterocycles. The SMILES string of the molecule is O=C(Cn1nnc(-c2ccc(C(F)(F)F)cc2)n1)NCCc1ccccc1. The summed E-state index contributed by atoms with van der Waals surface area (Å²) in [5.74, 6) is -0.122. The Bertz CT molecular complexity index is 891. The summed E-state index contributed by atoms with van der Waals surface area (Å²) in [5.41, 5.74) is 0.747. The van der Waals surface area contributed by atoms with Gasteiger partial charge in [-0.25, -0.2) is 0 Å². The Hall–Kier alpha value is -3.23. The van der Waals surface area contributed by atoms with Crippen LogP contribution >= 0.6 is 0 Å². The Labute approximate surface area is 153 Å². The van der Waals surface area contributed by atoms with Crippen molar-refractivity contribution in [2.75, 3.05) is 6.54 Å². The molecule has 0 atom stereocenters. The molecule has 140 valence electrons. The van der Waals surface area contributed by atoms with E-state index in [-0.39, 0.29) is 18.3 Å². The van der Waals surface area contributed by atoms with E-state index in [0.29, 0.717) is 18.5 Å². The van der Waals surface area contributed by atoms with Crippen LogP contribution in [0.1, 0.15) is 11.1 Å². The van der Waals surface area contributed by atoms with Crippen LogP contribution in [-0.4, -0.2) is 32.7 Å². The van der Waals surface area contributed by atoms with Gasteiger partial charge in [0.25, 0.3) is 0 Å². The molecule has 1 N–H and O–H groups in total. The first-order chi connectivity index (χ1) is 12.9. The predicted molar refractivity (Wildman–Crippen MR) is 91.4 cm³/mol. The second-order valence-electron chi connectivity index (χ2n) is 5.80. The summed E-state index contributed by atoms with van der Waals surface area (Å²) in [6.45, 7) is 0.353. The number of halogens is 3. The summed E-state index contributed by atoms with van der Waals surface area (Å²) in [7, 11) is 0. The average molecular weight is 375 g/mol. The molecular weight excluding hydrogens is 359 g/mol. The number of hydrogen-bond acceptors (Lipinski definition) is 4. The summed E-state index contributed by atoms with van der Waals surface area (Å²) in [6.07, 6.45) is -3.70. The molecule has 0 aliphatic heterocycles. The molecule has 0 bridgehead atoms. The van der Waals surface area contributed by atoms with Gasteiger partial charge in [-0.3, -0.25) is 4.79 Å². The summed E-state index contributed by atoms with van der Waals surface area (Å²) in [5, 5.41) is 14.3. The second-order valence-corrected chi connectivity index (χ2v) is 5.80. The van der Waals surface area contributed by atoms with Crippen LogP contribution in [0.5, 0.6) is 0 Å². The van der Waals surface area contributed by atoms with Crippen molar-refractivity contribution in [2.45, 2.75) is 19.1 Å². The van der Waals surface area contributed by atoms with E-state index < -0.39 is 11.7 Å². The molecule has 1 heterocycles. The predicted octanol–water partition coefficient (Wildman–Crippen LogP) is 2.72. The molecule has 3 rings (SSSR count). The van der Waals surface area contributed by atoms with E-state index in [2.05, 4.69) is 20.7 Å². The lowest BCUT2D eigenvalue weighted by Gasteiger charge is -2.06. The Kier molecular flexibility index (Phi) is 5.49. The van der Waals surface area contributed by atoms with E-state index in [1.54, 1.807) is 0 Å². The molecule has 1 amide bonds. The fourth-order valence-corrected chi connectivity index (χ4v) is 2.41. The minimum atomic E-state index is -4.40. The van der Waals surface area contributed by atoms with E-state index in [4.69, 9.17) is 0 Å². The van der Waals surface area contributed by atoms with Gasteiger partial charge < -0.3 is 5.32 Å². The monoisotopic (exact) mass is 375 g/mol. The molecule has 3 aromatic rings. The fraction of sp³-hybridized carbons (Fsp3) is 0.222. The van der Waals surface area contributed by atoms with Gasteiger partial charge >= 0.3 is 6.18 Å². The van der Waals surface area contributed by atoms with Gasteiger partial charge in [0.2, 0.25) is 11.7 Å². The van der Waals surface area contributed by atoms with Gasteiger partial charge in [-0.15, -0.1) is 10.2 Å². The molecule has 0 aliphatic carbocycles. The third-order valence-electron chi connectivity index (χ3n) is 3.79. The summed E-state index contributed by atoms with van der Waals surface area (Å²) in [4.78, 5) is 13.0. The number of nitrogens with zero attached hydrogens (tertiary/aromatic N) is 4. The van der Waals surface area contributed by atoms with Crippen molar-refractivity contribution in [3.05, 3.63) is 65.7 Å². The van der Waals surface area contributed by atoms with Crippen molar-refractivity contribution < 1.29 is 18.0 Å². The molecule has 0 fully saturated rings. The molecular formula is C18H16F3N5O. The fourth-order valence-electron chi connectivity index (χ4n) is 2.41. The molecule has 0 radical (unpaired) electrons. The van der Waals surface area contributed by atoms with Gasteiger partial charge in [-0.1, -0.05) is 42.5 Å². The van der Waals surface area contributed by atoms with Crippen LogP contribution in [-0.2, 0) is 23.9 Å². The number of rotatable bonds is 6. The lowest BCUT2D eigenvalue weighted by molar-refractivity contribution is -0.137. The number of hydrogen-bond donors (Lipinski definition) is 1. The number of aromatic nitrogens is 4. The lowest BCUT2D eigenvalue weighted by atomic mass is 10.1. The molecule has 2 aromatic carbocycles. The van der Waals surface area contributed by atoms with Crippen molar-refractivity contribution in [3.8, 4) is 11.4 Å². The Morgan fingerprint density at radius 3 is 2.41 bits per heavy atom. The van der Waals surface area contributed by atoms with Crippen LogP contribution in [0.15, 0.2) is 54.6 Å². The second kappa shape index (κ2) is 7.98. The largest absolute Gasteiger partial charge is 0.416 e. The van der Waals surface area contributed by atoms with E-state index in [1.165, 1.54) is 12.1 Å². The number of alkyl halides is 3. The minimum Gasteiger partial charge on any atom is -0.354 e. The quantitative estimate of drug-likeness (QED) is 0.719. The molecule has 0 aliphatic rings. The van der Waals surface area contributed by atoms with Crippen molar-refractivity contribution >= 4 is 5.91 Å². The van der Waals surface area contributed by atoms with Crippen LogP contribution in [0.3, 0.4) is 0 Å². The van der Waals surface area contributed by atoms with Crippen LogP contribution in [0, 0.1) is 0 Å². The highest BCUT2D eigenvalue weighted by Crippen LogP contribution is 2.30. The number of carbonyl (C=O) groups excluding carboxylic acids is 1. The first kappa shape index (κ1) is 18.6. The summed E-state index contributed by atoms with van der Waals surface area (Å²) in [6, 6.07) is 14.2. The lowest BCUT2D eigenvalue weighted by Crippen LogP contribution is -2.30. The van der Waals surface area contributed by atoms with Crippen LogP contribution < -0.4 is 5.32 Å². The van der Waals surface area contributed by atoms with Gasteiger partial charge in [0.15, 0.2) is 0 Å². The number of carbonyl (C=O) groups is 1. The van der Waals surface area contributed by atoms with E-state index in [9.17, 15) is 18.0 Å². The number of nitrogens with one attached hydrogen (secondary N) is 1. The standard InChI is InChI=1S/C18H16F3N5O/c19-18(20,21)15-8-6-14(7-9-15)17-23-25-26(24-17)12-16(27)22-11-10-13-4-2-1-3-5-13/h1-9H,10-12H2,(H,22,27). The maximum absolute atomic E-state index is 12.6. The number of benzene rings is 2. The first-order valence-corrected chi connectivity index (χ1v) is 8.18. The maximum Gasteiger partial charge on any atom is 0.416 e. The smallest absolute Gasteiger partial charge is 0.354 e. The van der Waals surface area contributed by atoms with Gasteiger partial charge in [-0.05, 0) is 29.3 Å². The molecule has 0 unspecified atom stereocenters. The van der Waals surface area contributed by atoms with Crippen molar-refractivity contribution in [1.29, 1.82) is 0 Å². The number of tetrazole rings is 1. The van der Waals surface area contributed by atoms with E-state index in [1.807, 2.05) is 30.3 Å². The van der Waals surface area contributed by atoms with E-state index in [0.717, 1.165) is 22.5 Å². The zero-order chi connectivity index (χ0) is 19.3.